The van der Waals surface area contributed by atoms with Crippen LogP contribution in [-0.4, -0.2) is 22.7 Å². The number of nitrogens with zero attached hydrogens (tertiary/aromatic N) is 1. The third-order valence-electron chi connectivity index (χ3n) is 3.79. The Bertz CT molecular complexity index is 795. The Labute approximate surface area is 157 Å². The van der Waals surface area contributed by atoms with E-state index in [1.165, 1.54) is 11.8 Å². The largest absolute Gasteiger partial charge is 0.481 e. The molecule has 1 atom stereocenters. The molecule has 134 valence electrons. The van der Waals surface area contributed by atoms with Gasteiger partial charge in [-0.25, -0.2) is 0 Å². The van der Waals surface area contributed by atoms with Gasteiger partial charge < -0.3 is 10.4 Å². The molecule has 0 saturated carbocycles. The highest BCUT2D eigenvalue weighted by Gasteiger charge is 2.11. The maximum atomic E-state index is 12.0. The number of aliphatic carboxylic acids is 1. The fourth-order valence-corrected chi connectivity index (χ4v) is 3.09. The molecule has 0 aromatic heterocycles. The summed E-state index contributed by atoms with van der Waals surface area (Å²) >= 11 is 1.50. The highest BCUT2D eigenvalue weighted by atomic mass is 32.2. The van der Waals surface area contributed by atoms with Gasteiger partial charge in [0.2, 0.25) is 5.91 Å². The van der Waals surface area contributed by atoms with Crippen LogP contribution in [0.3, 0.4) is 0 Å². The van der Waals surface area contributed by atoms with Crippen molar-refractivity contribution in [3.05, 3.63) is 65.2 Å². The molecule has 0 aliphatic heterocycles. The molecule has 0 saturated heterocycles. The Morgan fingerprint density at radius 3 is 2.31 bits per heavy atom. The van der Waals surface area contributed by atoms with Gasteiger partial charge in [-0.2, -0.15) is 5.26 Å². The predicted molar refractivity (Wildman–Crippen MR) is 103 cm³/mol. The van der Waals surface area contributed by atoms with Crippen molar-refractivity contribution in [3.63, 3.8) is 0 Å². The highest BCUT2D eigenvalue weighted by Crippen LogP contribution is 2.16. The topological polar surface area (TPSA) is 90.2 Å². The number of anilines is 1. The number of hydrogen-bond donors (Lipinski definition) is 2. The van der Waals surface area contributed by atoms with Crippen LogP contribution in [-0.2, 0) is 21.8 Å². The van der Waals surface area contributed by atoms with Crippen molar-refractivity contribution < 1.29 is 14.7 Å². The number of thioether (sulfide) groups is 1. The molecule has 2 N–H and O–H groups in total. The zero-order valence-corrected chi connectivity index (χ0v) is 15.3. The average Bonchev–Trinajstić information content (AvgIpc) is 2.63. The van der Waals surface area contributed by atoms with E-state index < -0.39 is 11.9 Å². The number of nitrogens with one attached hydrogen (secondary N) is 1. The minimum Gasteiger partial charge on any atom is -0.481 e. The summed E-state index contributed by atoms with van der Waals surface area (Å²) < 4.78 is 0. The van der Waals surface area contributed by atoms with E-state index in [-0.39, 0.29) is 5.91 Å². The number of amides is 1. The van der Waals surface area contributed by atoms with E-state index in [4.69, 9.17) is 10.4 Å². The van der Waals surface area contributed by atoms with Gasteiger partial charge in [-0.3, -0.25) is 9.59 Å². The van der Waals surface area contributed by atoms with Crippen LogP contribution in [0.4, 0.5) is 5.69 Å². The second-order valence-corrected chi connectivity index (χ2v) is 6.98. The standard InChI is InChI=1S/C20H20N2O3S/c1-14(20(24)25)10-15-6-8-18(9-7-15)22-19(23)13-26-12-17-4-2-16(11-21)3-5-17/h2-9,14H,10,12-13H2,1H3,(H,22,23)(H,24,25). The van der Waals surface area contributed by atoms with Crippen molar-refractivity contribution in [1.82, 2.24) is 0 Å². The Morgan fingerprint density at radius 1 is 1.12 bits per heavy atom. The first kappa shape index (κ1) is 19.5. The van der Waals surface area contributed by atoms with Crippen LogP contribution in [0.1, 0.15) is 23.6 Å². The average molecular weight is 368 g/mol. The van der Waals surface area contributed by atoms with Gasteiger partial charge in [0.1, 0.15) is 0 Å². The van der Waals surface area contributed by atoms with Crippen LogP contribution in [0.15, 0.2) is 48.5 Å². The van der Waals surface area contributed by atoms with Crippen LogP contribution in [0.5, 0.6) is 0 Å². The SMILES string of the molecule is CC(Cc1ccc(NC(=O)CSCc2ccc(C#N)cc2)cc1)C(=O)O. The summed E-state index contributed by atoms with van der Waals surface area (Å²) in [7, 11) is 0. The first-order valence-electron chi connectivity index (χ1n) is 8.16. The van der Waals surface area contributed by atoms with Crippen molar-refractivity contribution in [2.24, 2.45) is 5.92 Å². The van der Waals surface area contributed by atoms with Gasteiger partial charge in [0.05, 0.1) is 23.3 Å². The molecule has 0 aliphatic carbocycles. The highest BCUT2D eigenvalue weighted by molar-refractivity contribution is 7.99. The molecule has 0 heterocycles. The third kappa shape index (κ3) is 6.26. The van der Waals surface area contributed by atoms with Crippen LogP contribution in [0.2, 0.25) is 0 Å². The monoisotopic (exact) mass is 368 g/mol. The smallest absolute Gasteiger partial charge is 0.306 e. The van der Waals surface area contributed by atoms with Crippen molar-refractivity contribution in [1.29, 1.82) is 5.26 Å². The van der Waals surface area contributed by atoms with Crippen LogP contribution >= 0.6 is 11.8 Å². The summed E-state index contributed by atoms with van der Waals surface area (Å²) in [6.07, 6.45) is 0.462. The zero-order valence-electron chi connectivity index (χ0n) is 14.4. The molecule has 0 bridgehead atoms. The van der Waals surface area contributed by atoms with E-state index in [0.29, 0.717) is 29.2 Å². The summed E-state index contributed by atoms with van der Waals surface area (Å²) in [4.78, 5) is 22.9. The summed E-state index contributed by atoms with van der Waals surface area (Å²) in [5.74, 6) is -0.311. The quantitative estimate of drug-likeness (QED) is 0.741. The molecule has 5 nitrogen and oxygen atoms in total. The van der Waals surface area contributed by atoms with Crippen molar-refractivity contribution >= 4 is 29.3 Å². The molecule has 26 heavy (non-hydrogen) atoms. The van der Waals surface area contributed by atoms with E-state index in [1.807, 2.05) is 24.3 Å². The van der Waals surface area contributed by atoms with E-state index >= 15 is 0 Å². The Morgan fingerprint density at radius 2 is 1.73 bits per heavy atom. The van der Waals surface area contributed by atoms with Crippen LogP contribution in [0.25, 0.3) is 0 Å². The number of carbonyl (C=O) groups is 2. The molecular formula is C20H20N2O3S. The molecule has 2 rings (SSSR count). The zero-order chi connectivity index (χ0) is 18.9. The van der Waals surface area contributed by atoms with Crippen LogP contribution in [0, 0.1) is 17.2 Å². The first-order valence-corrected chi connectivity index (χ1v) is 9.32. The predicted octanol–water partition coefficient (Wildman–Crippen LogP) is 3.69. The van der Waals surface area contributed by atoms with E-state index in [9.17, 15) is 9.59 Å². The molecular weight excluding hydrogens is 348 g/mol. The number of carbonyl (C=O) groups excluding carboxylic acids is 1. The van der Waals surface area contributed by atoms with Crippen molar-refractivity contribution in [3.8, 4) is 6.07 Å². The molecule has 2 aromatic carbocycles. The Hall–Kier alpha value is -2.78. The number of rotatable bonds is 8. The lowest BCUT2D eigenvalue weighted by atomic mass is 10.0. The van der Waals surface area contributed by atoms with Gasteiger partial charge in [0, 0.05) is 11.4 Å². The molecule has 1 unspecified atom stereocenters. The normalized spacial score (nSPS) is 11.4. The maximum Gasteiger partial charge on any atom is 0.306 e. The van der Waals surface area contributed by atoms with Crippen LogP contribution < -0.4 is 5.32 Å². The summed E-state index contributed by atoms with van der Waals surface area (Å²) in [5.41, 5.74) is 3.31. The number of nitriles is 1. The molecule has 0 aliphatic rings. The summed E-state index contributed by atoms with van der Waals surface area (Å²) in [5, 5.41) is 20.5. The molecule has 0 radical (unpaired) electrons. The van der Waals surface area contributed by atoms with E-state index in [1.54, 1.807) is 31.2 Å². The lowest BCUT2D eigenvalue weighted by Crippen LogP contribution is -2.14. The number of carboxylic acid groups (broad SMARTS) is 1. The Balaban J connectivity index is 1.76. The number of benzene rings is 2. The summed E-state index contributed by atoms with van der Waals surface area (Å²) in [6, 6.07) is 16.6. The minimum atomic E-state index is -0.818. The molecule has 2 aromatic rings. The van der Waals surface area contributed by atoms with Crippen molar-refractivity contribution in [2.45, 2.75) is 19.1 Å². The fourth-order valence-electron chi connectivity index (χ4n) is 2.30. The minimum absolute atomic E-state index is 0.0877. The lowest BCUT2D eigenvalue weighted by molar-refractivity contribution is -0.141. The number of hydrogen-bond acceptors (Lipinski definition) is 4. The van der Waals surface area contributed by atoms with Crippen molar-refractivity contribution in [2.75, 3.05) is 11.1 Å². The molecule has 6 heteroatoms. The van der Waals surface area contributed by atoms with Gasteiger partial charge in [0.25, 0.3) is 0 Å². The maximum absolute atomic E-state index is 12.0. The second kappa shape index (κ2) is 9.64. The Kier molecular flexibility index (Phi) is 7.24. The number of carboxylic acids is 1. The van der Waals surface area contributed by atoms with Gasteiger partial charge in [0.15, 0.2) is 0 Å². The third-order valence-corrected chi connectivity index (χ3v) is 4.79. The van der Waals surface area contributed by atoms with E-state index in [2.05, 4.69) is 11.4 Å². The molecule has 1 amide bonds. The fraction of sp³-hybridized carbons (Fsp3) is 0.250. The summed E-state index contributed by atoms with van der Waals surface area (Å²) in [6.45, 7) is 1.67. The van der Waals surface area contributed by atoms with Gasteiger partial charge in [-0.1, -0.05) is 31.2 Å². The lowest BCUT2D eigenvalue weighted by Gasteiger charge is -2.08. The van der Waals surface area contributed by atoms with Gasteiger partial charge >= 0.3 is 5.97 Å². The molecule has 0 spiro atoms. The van der Waals surface area contributed by atoms with Gasteiger partial charge in [-0.05, 0) is 41.8 Å². The first-order chi connectivity index (χ1) is 12.5. The molecule has 0 fully saturated rings. The second-order valence-electron chi connectivity index (χ2n) is 5.99. The van der Waals surface area contributed by atoms with Gasteiger partial charge in [-0.15, -0.1) is 11.8 Å². The van der Waals surface area contributed by atoms with E-state index in [0.717, 1.165) is 11.1 Å².